The summed E-state index contributed by atoms with van der Waals surface area (Å²) in [5, 5.41) is 5.66. The summed E-state index contributed by atoms with van der Waals surface area (Å²) in [6, 6.07) is 10.7. The summed E-state index contributed by atoms with van der Waals surface area (Å²) in [4.78, 5) is 16.2. The van der Waals surface area contributed by atoms with Crippen molar-refractivity contribution in [3.63, 3.8) is 0 Å². The Labute approximate surface area is 135 Å². The van der Waals surface area contributed by atoms with Crippen LogP contribution in [0.4, 0.5) is 4.79 Å². The first-order chi connectivity index (χ1) is 11.1. The SMILES string of the molecule is COc1ccc(CNC(=O)N[C@H](C)c2ccccn2)cc1OC. The molecule has 2 aromatic rings. The fourth-order valence-corrected chi connectivity index (χ4v) is 2.13. The average Bonchev–Trinajstić information content (AvgIpc) is 2.60. The van der Waals surface area contributed by atoms with Crippen LogP contribution in [-0.4, -0.2) is 25.2 Å². The number of carbonyl (C=O) groups is 1. The lowest BCUT2D eigenvalue weighted by Gasteiger charge is -2.14. The highest BCUT2D eigenvalue weighted by Gasteiger charge is 2.10. The van der Waals surface area contributed by atoms with E-state index >= 15 is 0 Å². The Kier molecular flexibility index (Phi) is 5.80. The van der Waals surface area contributed by atoms with Crippen molar-refractivity contribution in [3.05, 3.63) is 53.9 Å². The van der Waals surface area contributed by atoms with Crippen LogP contribution in [-0.2, 0) is 6.54 Å². The molecule has 0 spiro atoms. The summed E-state index contributed by atoms with van der Waals surface area (Å²) in [5.74, 6) is 1.29. The van der Waals surface area contributed by atoms with Crippen molar-refractivity contribution < 1.29 is 14.3 Å². The molecule has 6 heteroatoms. The fourth-order valence-electron chi connectivity index (χ4n) is 2.13. The van der Waals surface area contributed by atoms with Crippen molar-refractivity contribution >= 4 is 6.03 Å². The molecule has 0 saturated carbocycles. The lowest BCUT2D eigenvalue weighted by Crippen LogP contribution is -2.36. The van der Waals surface area contributed by atoms with E-state index in [1.54, 1.807) is 20.4 Å². The number of nitrogens with zero attached hydrogens (tertiary/aromatic N) is 1. The van der Waals surface area contributed by atoms with Crippen LogP contribution in [0.3, 0.4) is 0 Å². The zero-order valence-corrected chi connectivity index (χ0v) is 13.5. The second kappa shape index (κ2) is 8.03. The summed E-state index contributed by atoms with van der Waals surface area (Å²) < 4.78 is 10.4. The number of hydrogen-bond acceptors (Lipinski definition) is 4. The standard InChI is InChI=1S/C17H21N3O3/c1-12(14-6-4-5-9-18-14)20-17(21)19-11-13-7-8-15(22-2)16(10-13)23-3/h4-10,12H,11H2,1-3H3,(H2,19,20,21)/t12-/m1/s1. The highest BCUT2D eigenvalue weighted by molar-refractivity contribution is 5.74. The van der Waals surface area contributed by atoms with Gasteiger partial charge in [0, 0.05) is 12.7 Å². The average molecular weight is 315 g/mol. The molecule has 122 valence electrons. The topological polar surface area (TPSA) is 72.5 Å². The van der Waals surface area contributed by atoms with Crippen molar-refractivity contribution in [2.45, 2.75) is 19.5 Å². The molecule has 0 aliphatic heterocycles. The van der Waals surface area contributed by atoms with Gasteiger partial charge in [-0.2, -0.15) is 0 Å². The number of methoxy groups -OCH3 is 2. The van der Waals surface area contributed by atoms with Gasteiger partial charge in [0.25, 0.3) is 0 Å². The summed E-state index contributed by atoms with van der Waals surface area (Å²) >= 11 is 0. The molecular formula is C17H21N3O3. The molecule has 0 bridgehead atoms. The second-order valence-corrected chi connectivity index (χ2v) is 4.99. The first kappa shape index (κ1) is 16.6. The van der Waals surface area contributed by atoms with Crippen LogP contribution < -0.4 is 20.1 Å². The van der Waals surface area contributed by atoms with Gasteiger partial charge < -0.3 is 20.1 Å². The van der Waals surface area contributed by atoms with Crippen LogP contribution in [0.5, 0.6) is 11.5 Å². The maximum atomic E-state index is 12.0. The van der Waals surface area contributed by atoms with Gasteiger partial charge in [-0.15, -0.1) is 0 Å². The summed E-state index contributed by atoms with van der Waals surface area (Å²) in [6.45, 7) is 2.28. The number of benzene rings is 1. The van der Waals surface area contributed by atoms with E-state index in [1.165, 1.54) is 0 Å². The maximum Gasteiger partial charge on any atom is 0.315 e. The number of pyridine rings is 1. The molecule has 0 unspecified atom stereocenters. The Bertz CT molecular complexity index is 647. The number of amides is 2. The molecule has 1 aromatic carbocycles. The van der Waals surface area contributed by atoms with Gasteiger partial charge in [0.05, 0.1) is 26.0 Å². The molecule has 1 aromatic heterocycles. The Hall–Kier alpha value is -2.76. The van der Waals surface area contributed by atoms with E-state index in [1.807, 2.05) is 43.3 Å². The zero-order chi connectivity index (χ0) is 16.7. The Morgan fingerprint density at radius 2 is 1.96 bits per heavy atom. The van der Waals surface area contributed by atoms with Crippen molar-refractivity contribution in [2.24, 2.45) is 0 Å². The Morgan fingerprint density at radius 3 is 2.61 bits per heavy atom. The molecule has 1 heterocycles. The van der Waals surface area contributed by atoms with Gasteiger partial charge in [-0.1, -0.05) is 12.1 Å². The number of urea groups is 1. The van der Waals surface area contributed by atoms with Crippen LogP contribution in [0.1, 0.15) is 24.2 Å². The van der Waals surface area contributed by atoms with E-state index in [-0.39, 0.29) is 12.1 Å². The third-order valence-electron chi connectivity index (χ3n) is 3.38. The van der Waals surface area contributed by atoms with E-state index in [0.717, 1.165) is 11.3 Å². The summed E-state index contributed by atoms with van der Waals surface area (Å²) in [5.41, 5.74) is 1.73. The van der Waals surface area contributed by atoms with Crippen LogP contribution in [0, 0.1) is 0 Å². The third kappa shape index (κ3) is 4.60. The molecule has 1 atom stereocenters. The molecule has 0 radical (unpaired) electrons. The second-order valence-electron chi connectivity index (χ2n) is 4.99. The predicted octanol–water partition coefficient (Wildman–Crippen LogP) is 2.66. The Morgan fingerprint density at radius 1 is 1.17 bits per heavy atom. The summed E-state index contributed by atoms with van der Waals surface area (Å²) in [7, 11) is 3.17. The van der Waals surface area contributed by atoms with Crippen LogP contribution in [0.2, 0.25) is 0 Å². The minimum absolute atomic E-state index is 0.165. The van der Waals surface area contributed by atoms with E-state index in [9.17, 15) is 4.79 Å². The van der Waals surface area contributed by atoms with Crippen molar-refractivity contribution in [1.82, 2.24) is 15.6 Å². The Balaban J connectivity index is 1.89. The first-order valence-corrected chi connectivity index (χ1v) is 7.30. The van der Waals surface area contributed by atoms with Crippen molar-refractivity contribution in [1.29, 1.82) is 0 Å². The third-order valence-corrected chi connectivity index (χ3v) is 3.38. The van der Waals surface area contributed by atoms with Gasteiger partial charge in [0.1, 0.15) is 0 Å². The van der Waals surface area contributed by atoms with Crippen molar-refractivity contribution in [3.8, 4) is 11.5 Å². The van der Waals surface area contributed by atoms with E-state index < -0.39 is 0 Å². The molecule has 6 nitrogen and oxygen atoms in total. The molecule has 0 aliphatic carbocycles. The highest BCUT2D eigenvalue weighted by Crippen LogP contribution is 2.27. The molecule has 0 saturated heterocycles. The van der Waals surface area contributed by atoms with Crippen LogP contribution in [0.15, 0.2) is 42.6 Å². The van der Waals surface area contributed by atoms with Crippen molar-refractivity contribution in [2.75, 3.05) is 14.2 Å². The minimum atomic E-state index is -0.252. The van der Waals surface area contributed by atoms with Crippen LogP contribution >= 0.6 is 0 Å². The number of aromatic nitrogens is 1. The molecule has 0 fully saturated rings. The van der Waals surface area contributed by atoms with Gasteiger partial charge in [-0.05, 0) is 36.8 Å². The number of carbonyl (C=O) groups excluding carboxylic acids is 1. The molecular weight excluding hydrogens is 294 g/mol. The first-order valence-electron chi connectivity index (χ1n) is 7.30. The minimum Gasteiger partial charge on any atom is -0.493 e. The normalized spacial score (nSPS) is 11.4. The van der Waals surface area contributed by atoms with Gasteiger partial charge in [-0.3, -0.25) is 4.98 Å². The molecule has 23 heavy (non-hydrogen) atoms. The van der Waals surface area contributed by atoms with Gasteiger partial charge in [-0.25, -0.2) is 4.79 Å². The number of rotatable bonds is 6. The van der Waals surface area contributed by atoms with Crippen LogP contribution in [0.25, 0.3) is 0 Å². The van der Waals surface area contributed by atoms with E-state index in [2.05, 4.69) is 15.6 Å². The molecule has 0 aliphatic rings. The van der Waals surface area contributed by atoms with Gasteiger partial charge in [0.2, 0.25) is 0 Å². The van der Waals surface area contributed by atoms with Gasteiger partial charge >= 0.3 is 6.03 Å². The molecule has 2 rings (SSSR count). The lowest BCUT2D eigenvalue weighted by atomic mass is 10.2. The number of nitrogens with one attached hydrogen (secondary N) is 2. The fraction of sp³-hybridized carbons (Fsp3) is 0.294. The molecule has 2 N–H and O–H groups in total. The number of hydrogen-bond donors (Lipinski definition) is 2. The largest absolute Gasteiger partial charge is 0.493 e. The van der Waals surface area contributed by atoms with Gasteiger partial charge in [0.15, 0.2) is 11.5 Å². The lowest BCUT2D eigenvalue weighted by molar-refractivity contribution is 0.237. The predicted molar refractivity (Wildman–Crippen MR) is 87.6 cm³/mol. The van der Waals surface area contributed by atoms with E-state index in [0.29, 0.717) is 18.0 Å². The quantitative estimate of drug-likeness (QED) is 0.859. The maximum absolute atomic E-state index is 12.0. The highest BCUT2D eigenvalue weighted by atomic mass is 16.5. The van der Waals surface area contributed by atoms with E-state index in [4.69, 9.17) is 9.47 Å². The summed E-state index contributed by atoms with van der Waals surface area (Å²) in [6.07, 6.45) is 1.70. The number of ether oxygens (including phenoxy) is 2. The molecule has 2 amide bonds. The zero-order valence-electron chi connectivity index (χ0n) is 13.5. The monoisotopic (exact) mass is 315 g/mol. The smallest absolute Gasteiger partial charge is 0.315 e.